The minimum absolute atomic E-state index is 0.226. The van der Waals surface area contributed by atoms with Crippen LogP contribution in [0.5, 0.6) is 6.01 Å². The van der Waals surface area contributed by atoms with E-state index in [1.54, 1.807) is 6.92 Å². The number of ether oxygens (including phenoxy) is 2. The van der Waals surface area contributed by atoms with Crippen LogP contribution in [0.25, 0.3) is 55.0 Å². The maximum Gasteiger partial charge on any atom is 0.320 e. The molecule has 3 aliphatic rings. The summed E-state index contributed by atoms with van der Waals surface area (Å²) in [7, 11) is 3.98. The van der Waals surface area contributed by atoms with Crippen LogP contribution in [0.2, 0.25) is 0 Å². The smallest absolute Gasteiger partial charge is 0.320 e. The third-order valence-electron chi connectivity index (χ3n) is 11.1. The molecule has 9 rings (SSSR count). The van der Waals surface area contributed by atoms with Crippen molar-refractivity contribution in [2.75, 3.05) is 50.9 Å². The van der Waals surface area contributed by atoms with Crippen molar-refractivity contribution in [3.63, 3.8) is 0 Å². The zero-order valence-corrected chi connectivity index (χ0v) is 30.9. The van der Waals surface area contributed by atoms with E-state index in [0.29, 0.717) is 50.7 Å². The molecule has 0 spiro atoms. The normalized spacial score (nSPS) is 24.7. The third kappa shape index (κ3) is 4.92. The molecule has 2 N–H and O–H groups in total. The number of H-pyrrole nitrogens is 1. The molecule has 12 nitrogen and oxygen atoms in total. The maximum atomic E-state index is 14.7. The van der Waals surface area contributed by atoms with Crippen LogP contribution in [0, 0.1) is 3.70 Å². The standard InChI is InChI=1S/C36H41FIN9O3/c1-5-20-8-6-9-21-14-23-25(31(38)42-41-23)26(24(20)21)28-30-29(45(4)43-28)27-32(44(30)3)39-34(40-33(27)46-12-13-49-18-35(2,48)17-46)50-19-36-10-7-11-47(36)16-22(37)15-36/h6,8-9,14,22,48H,5,7,10-13,15-19H2,1-4H3,(H,41,42)/t22-,35+,36+/m1/s1. The van der Waals surface area contributed by atoms with E-state index in [1.807, 2.05) is 18.8 Å². The minimum Gasteiger partial charge on any atom is -0.461 e. The molecule has 0 bridgehead atoms. The first-order chi connectivity index (χ1) is 24.1. The van der Waals surface area contributed by atoms with Gasteiger partial charge in [-0.1, -0.05) is 25.1 Å². The molecule has 0 radical (unpaired) electrons. The fraction of sp³-hybridized carbons (Fsp3) is 0.500. The van der Waals surface area contributed by atoms with Gasteiger partial charge >= 0.3 is 6.01 Å². The zero-order valence-electron chi connectivity index (χ0n) is 28.8. The van der Waals surface area contributed by atoms with Gasteiger partial charge in [-0.05, 0) is 77.7 Å². The van der Waals surface area contributed by atoms with Crippen molar-refractivity contribution in [2.45, 2.75) is 56.8 Å². The molecule has 6 aromatic rings. The predicted molar refractivity (Wildman–Crippen MR) is 200 cm³/mol. The minimum atomic E-state index is -1.09. The second kappa shape index (κ2) is 11.7. The molecule has 14 heteroatoms. The van der Waals surface area contributed by atoms with Crippen LogP contribution in [0.1, 0.15) is 38.7 Å². The van der Waals surface area contributed by atoms with Crippen LogP contribution >= 0.6 is 22.6 Å². The van der Waals surface area contributed by atoms with Crippen LogP contribution in [-0.4, -0.2) is 108 Å². The van der Waals surface area contributed by atoms with E-state index in [9.17, 15) is 9.50 Å². The summed E-state index contributed by atoms with van der Waals surface area (Å²) >= 11 is 2.33. The molecule has 3 aliphatic heterocycles. The Hall–Kier alpha value is -3.60. The molecule has 2 aromatic carbocycles. The van der Waals surface area contributed by atoms with E-state index in [2.05, 4.69) is 78.3 Å². The van der Waals surface area contributed by atoms with Gasteiger partial charge in [0, 0.05) is 44.6 Å². The number of anilines is 1. The molecule has 0 unspecified atom stereocenters. The SMILES string of the molecule is CCc1cccc2cc3n[nH]c(I)c3c(-c3nn(C)c4c5c(N6CCOC[C@@](C)(O)C6)nc(OC[C@@]67CCCN6C[C@H](F)C7)nc5n(C)c34)c12. The summed E-state index contributed by atoms with van der Waals surface area (Å²) in [6.07, 6.45) is 2.39. The lowest BCUT2D eigenvalue weighted by Gasteiger charge is -2.31. The Balaban J connectivity index is 1.29. The average molecular weight is 794 g/mol. The highest BCUT2D eigenvalue weighted by Crippen LogP contribution is 2.45. The van der Waals surface area contributed by atoms with Crippen molar-refractivity contribution in [1.29, 1.82) is 0 Å². The fourth-order valence-electron chi connectivity index (χ4n) is 8.91. The first-order valence-corrected chi connectivity index (χ1v) is 18.5. The number of β-amino-alcohol motifs (C(OH)–C–C–N with tert-alkyl or cyclic N) is 1. The van der Waals surface area contributed by atoms with Gasteiger partial charge in [-0.15, -0.1) is 0 Å². The highest BCUT2D eigenvalue weighted by atomic mass is 127. The van der Waals surface area contributed by atoms with Gasteiger partial charge in [0.1, 0.15) is 33.6 Å². The summed E-state index contributed by atoms with van der Waals surface area (Å²) in [6.45, 7) is 7.13. The van der Waals surface area contributed by atoms with E-state index in [0.717, 1.165) is 78.9 Å². The number of halogens is 2. The first kappa shape index (κ1) is 32.3. The summed E-state index contributed by atoms with van der Waals surface area (Å²) in [5, 5.41) is 28.5. The molecule has 50 heavy (non-hydrogen) atoms. The number of aliphatic hydroxyl groups is 1. The number of nitrogens with one attached hydrogen (secondary N) is 1. The van der Waals surface area contributed by atoms with E-state index in [4.69, 9.17) is 24.5 Å². The van der Waals surface area contributed by atoms with Crippen molar-refractivity contribution < 1.29 is 19.0 Å². The van der Waals surface area contributed by atoms with Crippen molar-refractivity contribution >= 4 is 72.2 Å². The number of nitrogens with zero attached hydrogens (tertiary/aromatic N) is 8. The van der Waals surface area contributed by atoms with Gasteiger partial charge in [-0.2, -0.15) is 20.2 Å². The molecule has 3 saturated heterocycles. The molecule has 0 saturated carbocycles. The average Bonchev–Trinajstić information content (AvgIpc) is 3.85. The summed E-state index contributed by atoms with van der Waals surface area (Å²) < 4.78 is 31.9. The zero-order chi connectivity index (χ0) is 34.5. The quantitative estimate of drug-likeness (QED) is 0.218. The van der Waals surface area contributed by atoms with Gasteiger partial charge in [0.25, 0.3) is 0 Å². The number of aromatic amines is 1. The van der Waals surface area contributed by atoms with Gasteiger partial charge < -0.3 is 24.0 Å². The van der Waals surface area contributed by atoms with Crippen molar-refractivity contribution in [1.82, 2.24) is 39.4 Å². The molecule has 3 fully saturated rings. The Labute approximate surface area is 302 Å². The van der Waals surface area contributed by atoms with Gasteiger partial charge in [0.15, 0.2) is 5.65 Å². The van der Waals surface area contributed by atoms with Crippen LogP contribution in [0.15, 0.2) is 24.3 Å². The fourth-order valence-corrected chi connectivity index (χ4v) is 9.57. The lowest BCUT2D eigenvalue weighted by Crippen LogP contribution is -2.44. The molecule has 262 valence electrons. The number of fused-ring (bicyclic) bond motifs is 6. The third-order valence-corrected chi connectivity index (χ3v) is 11.9. The highest BCUT2D eigenvalue weighted by molar-refractivity contribution is 14.1. The number of alkyl halides is 1. The predicted octanol–water partition coefficient (Wildman–Crippen LogP) is 5.26. The Morgan fingerprint density at radius 1 is 1.16 bits per heavy atom. The monoisotopic (exact) mass is 793 g/mol. The first-order valence-electron chi connectivity index (χ1n) is 17.5. The molecular formula is C36H41FIN9O3. The number of aryl methyl sites for hydroxylation is 3. The van der Waals surface area contributed by atoms with Gasteiger partial charge in [-0.3, -0.25) is 14.7 Å². The summed E-state index contributed by atoms with van der Waals surface area (Å²) in [4.78, 5) is 14.5. The number of hydrogen-bond donors (Lipinski definition) is 2. The van der Waals surface area contributed by atoms with E-state index >= 15 is 0 Å². The van der Waals surface area contributed by atoms with Crippen molar-refractivity contribution in [2.24, 2.45) is 14.1 Å². The summed E-state index contributed by atoms with van der Waals surface area (Å²) in [6, 6.07) is 8.82. The van der Waals surface area contributed by atoms with Crippen LogP contribution in [0.3, 0.4) is 0 Å². The lowest BCUT2D eigenvalue weighted by atomic mass is 9.93. The van der Waals surface area contributed by atoms with E-state index in [1.165, 1.54) is 5.56 Å². The Bertz CT molecular complexity index is 2310. The highest BCUT2D eigenvalue weighted by Gasteiger charge is 2.49. The number of aromatic nitrogens is 7. The molecular weight excluding hydrogens is 752 g/mol. The van der Waals surface area contributed by atoms with E-state index < -0.39 is 11.8 Å². The molecule has 0 aliphatic carbocycles. The Morgan fingerprint density at radius 2 is 2.02 bits per heavy atom. The molecule has 0 amide bonds. The van der Waals surface area contributed by atoms with Gasteiger partial charge in [0.2, 0.25) is 0 Å². The summed E-state index contributed by atoms with van der Waals surface area (Å²) in [5.74, 6) is 0.654. The van der Waals surface area contributed by atoms with Gasteiger partial charge in [-0.25, -0.2) is 4.39 Å². The Morgan fingerprint density at radius 3 is 2.86 bits per heavy atom. The number of hydrogen-bond acceptors (Lipinski definition) is 9. The lowest BCUT2D eigenvalue weighted by molar-refractivity contribution is -0.0123. The van der Waals surface area contributed by atoms with Gasteiger partial charge in [0.05, 0.1) is 47.2 Å². The second-order valence-electron chi connectivity index (χ2n) is 14.6. The number of benzene rings is 2. The Kier molecular flexibility index (Phi) is 7.57. The largest absolute Gasteiger partial charge is 0.461 e. The van der Waals surface area contributed by atoms with Crippen LogP contribution in [0.4, 0.5) is 10.2 Å². The molecule has 4 aromatic heterocycles. The molecule has 3 atom stereocenters. The maximum absolute atomic E-state index is 14.7. The molecule has 7 heterocycles. The van der Waals surface area contributed by atoms with E-state index in [-0.39, 0.29) is 18.2 Å². The van der Waals surface area contributed by atoms with Crippen molar-refractivity contribution in [3.05, 3.63) is 33.5 Å². The second-order valence-corrected chi connectivity index (χ2v) is 15.7. The van der Waals surface area contributed by atoms with Crippen LogP contribution in [-0.2, 0) is 25.3 Å². The van der Waals surface area contributed by atoms with Crippen molar-refractivity contribution in [3.8, 4) is 17.3 Å². The summed E-state index contributed by atoms with van der Waals surface area (Å²) in [5.41, 5.74) is 5.05. The number of rotatable bonds is 6. The topological polar surface area (TPSA) is 122 Å². The van der Waals surface area contributed by atoms with Crippen LogP contribution < -0.4 is 9.64 Å².